The Morgan fingerprint density at radius 3 is 2.56 bits per heavy atom. The van der Waals surface area contributed by atoms with Gasteiger partial charge in [0.1, 0.15) is 6.04 Å². The van der Waals surface area contributed by atoms with Crippen LogP contribution in [0.2, 0.25) is 0 Å². The quantitative estimate of drug-likeness (QED) is 0.714. The van der Waals surface area contributed by atoms with E-state index >= 15 is 0 Å². The summed E-state index contributed by atoms with van der Waals surface area (Å²) in [5.41, 5.74) is 2.11. The minimum Gasteiger partial charge on any atom is -0.341 e. The van der Waals surface area contributed by atoms with Gasteiger partial charge in [-0.1, -0.05) is 31.9 Å². The first-order chi connectivity index (χ1) is 13.1. The number of amides is 1. The smallest absolute Gasteiger partial charge is 0.273 e. The number of para-hydroxylation sites is 1. The molecule has 1 atom stereocenters. The van der Waals surface area contributed by atoms with Gasteiger partial charge >= 0.3 is 0 Å². The van der Waals surface area contributed by atoms with Crippen LogP contribution in [0.15, 0.2) is 35.1 Å². The Labute approximate surface area is 158 Å². The van der Waals surface area contributed by atoms with Gasteiger partial charge in [-0.3, -0.25) is 14.3 Å². The summed E-state index contributed by atoms with van der Waals surface area (Å²) in [4.78, 5) is 31.7. The van der Waals surface area contributed by atoms with Crippen molar-refractivity contribution in [2.24, 2.45) is 0 Å². The summed E-state index contributed by atoms with van der Waals surface area (Å²) in [6, 6.07) is 9.11. The lowest BCUT2D eigenvalue weighted by Gasteiger charge is -2.27. The number of aryl methyl sites for hydroxylation is 1. The van der Waals surface area contributed by atoms with Crippen LogP contribution in [-0.2, 0) is 4.79 Å². The molecule has 1 saturated heterocycles. The van der Waals surface area contributed by atoms with E-state index in [2.05, 4.69) is 4.98 Å². The number of carbonyl (C=O) groups excluding carboxylic acids is 1. The van der Waals surface area contributed by atoms with E-state index in [4.69, 9.17) is 0 Å². The highest BCUT2D eigenvalue weighted by molar-refractivity contribution is 5.94. The second kappa shape index (κ2) is 7.18. The van der Waals surface area contributed by atoms with Gasteiger partial charge in [0.15, 0.2) is 5.65 Å². The third kappa shape index (κ3) is 3.03. The molecule has 1 unspecified atom stereocenters. The molecule has 0 spiro atoms. The molecule has 0 saturated carbocycles. The molecule has 142 valence electrons. The molecule has 2 aromatic heterocycles. The SMILES string of the molecule is CCC(C(=O)N1CCCCCC1)n1c2ccccc2c2nc(=O)cc(C)n21. The van der Waals surface area contributed by atoms with Crippen LogP contribution in [0.3, 0.4) is 0 Å². The molecular weight excluding hydrogens is 340 g/mol. The molecule has 1 aromatic carbocycles. The summed E-state index contributed by atoms with van der Waals surface area (Å²) >= 11 is 0. The minimum atomic E-state index is -0.312. The van der Waals surface area contributed by atoms with Gasteiger partial charge in [0, 0.05) is 30.2 Å². The third-order valence-corrected chi connectivity index (χ3v) is 5.58. The van der Waals surface area contributed by atoms with E-state index in [0.717, 1.165) is 42.5 Å². The Hall–Kier alpha value is -2.63. The van der Waals surface area contributed by atoms with Crippen LogP contribution in [0.1, 0.15) is 50.8 Å². The second-order valence-electron chi connectivity index (χ2n) is 7.40. The lowest BCUT2D eigenvalue weighted by Crippen LogP contribution is -2.39. The zero-order valence-electron chi connectivity index (χ0n) is 16.0. The average molecular weight is 366 g/mol. The first-order valence-corrected chi connectivity index (χ1v) is 9.90. The number of rotatable bonds is 3. The highest BCUT2D eigenvalue weighted by atomic mass is 16.2. The molecule has 0 aliphatic carbocycles. The molecular formula is C21H26N4O2. The van der Waals surface area contributed by atoms with Crippen LogP contribution in [0.4, 0.5) is 0 Å². The van der Waals surface area contributed by atoms with Crippen LogP contribution in [0.5, 0.6) is 0 Å². The van der Waals surface area contributed by atoms with Crippen molar-refractivity contribution in [1.29, 1.82) is 0 Å². The molecule has 6 heteroatoms. The zero-order valence-corrected chi connectivity index (χ0v) is 16.0. The second-order valence-corrected chi connectivity index (χ2v) is 7.40. The number of likely N-dealkylation sites (tertiary alicyclic amines) is 1. The van der Waals surface area contributed by atoms with Crippen LogP contribution in [0, 0.1) is 6.92 Å². The molecule has 27 heavy (non-hydrogen) atoms. The number of hydrogen-bond donors (Lipinski definition) is 0. The predicted octanol–water partition coefficient (Wildman–Crippen LogP) is 3.31. The number of carbonyl (C=O) groups is 1. The maximum absolute atomic E-state index is 13.5. The average Bonchev–Trinajstić information content (AvgIpc) is 2.83. The van der Waals surface area contributed by atoms with Gasteiger partial charge in [0.05, 0.1) is 5.52 Å². The van der Waals surface area contributed by atoms with Gasteiger partial charge in [-0.15, -0.1) is 0 Å². The first-order valence-electron chi connectivity index (χ1n) is 9.90. The Morgan fingerprint density at radius 2 is 1.85 bits per heavy atom. The van der Waals surface area contributed by atoms with Crippen LogP contribution in [-0.4, -0.2) is 38.1 Å². The van der Waals surface area contributed by atoms with Gasteiger partial charge in [0.2, 0.25) is 5.91 Å². The van der Waals surface area contributed by atoms with Gasteiger partial charge in [0.25, 0.3) is 5.56 Å². The van der Waals surface area contributed by atoms with E-state index in [9.17, 15) is 9.59 Å². The standard InChI is InChI=1S/C21H26N4O2/c1-3-17(21(27)23-12-8-4-5-9-13-23)25-18-11-7-6-10-16(18)20-22-19(26)14-15(2)24(20)25/h6-7,10-11,14,17H,3-5,8-9,12-13H2,1-2H3. The Morgan fingerprint density at radius 1 is 1.15 bits per heavy atom. The number of hydrogen-bond acceptors (Lipinski definition) is 3. The van der Waals surface area contributed by atoms with Crippen molar-refractivity contribution in [2.75, 3.05) is 13.1 Å². The number of benzene rings is 1. The van der Waals surface area contributed by atoms with E-state index in [1.807, 2.05) is 52.2 Å². The fraction of sp³-hybridized carbons (Fsp3) is 0.476. The van der Waals surface area contributed by atoms with Crippen molar-refractivity contribution in [2.45, 2.75) is 52.0 Å². The van der Waals surface area contributed by atoms with Gasteiger partial charge < -0.3 is 4.90 Å². The molecule has 0 N–H and O–H groups in total. The fourth-order valence-electron chi connectivity index (χ4n) is 4.27. The molecule has 1 aliphatic heterocycles. The Balaban J connectivity index is 1.92. The highest BCUT2D eigenvalue weighted by Gasteiger charge is 2.28. The maximum atomic E-state index is 13.5. The van der Waals surface area contributed by atoms with Gasteiger partial charge in [-0.05, 0) is 38.3 Å². The van der Waals surface area contributed by atoms with Gasteiger partial charge in [-0.25, -0.2) is 4.52 Å². The Bertz CT molecular complexity index is 1040. The van der Waals surface area contributed by atoms with Gasteiger partial charge in [-0.2, -0.15) is 4.98 Å². The molecule has 3 heterocycles. The summed E-state index contributed by atoms with van der Waals surface area (Å²) in [7, 11) is 0. The molecule has 1 fully saturated rings. The van der Waals surface area contributed by atoms with Crippen molar-refractivity contribution in [1.82, 2.24) is 19.1 Å². The van der Waals surface area contributed by atoms with E-state index in [1.54, 1.807) is 0 Å². The summed E-state index contributed by atoms with van der Waals surface area (Å²) in [5, 5.41) is 0.903. The predicted molar refractivity (Wildman–Crippen MR) is 106 cm³/mol. The first kappa shape index (κ1) is 17.8. The highest BCUT2D eigenvalue weighted by Crippen LogP contribution is 2.28. The third-order valence-electron chi connectivity index (χ3n) is 5.58. The maximum Gasteiger partial charge on any atom is 0.273 e. The Kier molecular flexibility index (Phi) is 4.72. The monoisotopic (exact) mass is 366 g/mol. The fourth-order valence-corrected chi connectivity index (χ4v) is 4.27. The normalized spacial score (nSPS) is 16.6. The number of nitrogens with zero attached hydrogens (tertiary/aromatic N) is 4. The zero-order chi connectivity index (χ0) is 19.0. The van der Waals surface area contributed by atoms with Crippen molar-refractivity contribution in [3.05, 3.63) is 46.4 Å². The minimum absolute atomic E-state index is 0.167. The summed E-state index contributed by atoms with van der Waals surface area (Å²) in [5.74, 6) is 0.167. The van der Waals surface area contributed by atoms with E-state index in [0.29, 0.717) is 12.1 Å². The summed E-state index contributed by atoms with van der Waals surface area (Å²) < 4.78 is 3.98. The summed E-state index contributed by atoms with van der Waals surface area (Å²) in [6.07, 6.45) is 5.22. The molecule has 1 amide bonds. The molecule has 6 nitrogen and oxygen atoms in total. The number of fused-ring (bicyclic) bond motifs is 3. The molecule has 3 aromatic rings. The van der Waals surface area contributed by atoms with Crippen LogP contribution < -0.4 is 5.56 Å². The van der Waals surface area contributed by atoms with Crippen LogP contribution >= 0.6 is 0 Å². The van der Waals surface area contributed by atoms with E-state index in [1.165, 1.54) is 18.9 Å². The molecule has 4 rings (SSSR count). The van der Waals surface area contributed by atoms with Crippen molar-refractivity contribution >= 4 is 22.5 Å². The van der Waals surface area contributed by atoms with Crippen molar-refractivity contribution in [3.8, 4) is 0 Å². The molecule has 1 aliphatic rings. The van der Waals surface area contributed by atoms with Crippen LogP contribution in [0.25, 0.3) is 16.6 Å². The molecule has 0 bridgehead atoms. The van der Waals surface area contributed by atoms with E-state index < -0.39 is 0 Å². The van der Waals surface area contributed by atoms with Crippen molar-refractivity contribution in [3.63, 3.8) is 0 Å². The molecule has 0 radical (unpaired) electrons. The topological polar surface area (TPSA) is 59.6 Å². The lowest BCUT2D eigenvalue weighted by molar-refractivity contribution is -0.135. The summed E-state index contributed by atoms with van der Waals surface area (Å²) in [6.45, 7) is 5.61. The lowest BCUT2D eigenvalue weighted by atomic mass is 10.1. The number of aromatic nitrogens is 3. The largest absolute Gasteiger partial charge is 0.341 e. The van der Waals surface area contributed by atoms with Crippen molar-refractivity contribution < 1.29 is 4.79 Å². The van der Waals surface area contributed by atoms with E-state index in [-0.39, 0.29) is 17.5 Å².